The number of rotatable bonds is 4. The fourth-order valence-electron chi connectivity index (χ4n) is 4.79. The average Bonchev–Trinajstić information content (AvgIpc) is 3.34. The van der Waals surface area contributed by atoms with Crippen LogP contribution in [0.2, 0.25) is 0 Å². The fourth-order valence-corrected chi connectivity index (χ4v) is 4.79. The van der Waals surface area contributed by atoms with Crippen molar-refractivity contribution in [2.24, 2.45) is 0 Å². The summed E-state index contributed by atoms with van der Waals surface area (Å²) in [6.45, 7) is 0. The van der Waals surface area contributed by atoms with Crippen LogP contribution in [0.3, 0.4) is 0 Å². The van der Waals surface area contributed by atoms with Crippen LogP contribution in [0.4, 0.5) is 4.39 Å². The SMILES string of the molecule is O=C(C1=C(O)C(=O)N(C2CCCCC2)C1c1ccc(F)cc1)c1cc2ccccc2o1. The van der Waals surface area contributed by atoms with E-state index in [0.29, 0.717) is 11.1 Å². The monoisotopic (exact) mass is 419 g/mol. The third-order valence-corrected chi connectivity index (χ3v) is 6.29. The van der Waals surface area contributed by atoms with E-state index in [1.54, 1.807) is 29.2 Å². The summed E-state index contributed by atoms with van der Waals surface area (Å²) in [6, 6.07) is 13.7. The Hall–Kier alpha value is -3.41. The molecule has 5 nitrogen and oxygen atoms in total. The highest BCUT2D eigenvalue weighted by Gasteiger charge is 2.47. The molecule has 2 heterocycles. The molecule has 0 saturated heterocycles. The van der Waals surface area contributed by atoms with Gasteiger partial charge < -0.3 is 14.4 Å². The van der Waals surface area contributed by atoms with Crippen LogP contribution < -0.4 is 0 Å². The molecule has 1 aromatic heterocycles. The van der Waals surface area contributed by atoms with Crippen LogP contribution in [0.5, 0.6) is 0 Å². The van der Waals surface area contributed by atoms with Crippen molar-refractivity contribution in [1.29, 1.82) is 0 Å². The summed E-state index contributed by atoms with van der Waals surface area (Å²) in [7, 11) is 0. The number of para-hydroxylation sites is 1. The molecule has 3 aromatic rings. The van der Waals surface area contributed by atoms with E-state index in [1.807, 2.05) is 18.2 Å². The van der Waals surface area contributed by atoms with E-state index in [4.69, 9.17) is 4.42 Å². The van der Waals surface area contributed by atoms with Crippen LogP contribution in [-0.4, -0.2) is 27.7 Å². The number of furan rings is 1. The van der Waals surface area contributed by atoms with Crippen LogP contribution in [0.25, 0.3) is 11.0 Å². The number of Topliss-reactive ketones (excluding diaryl/α,β-unsaturated/α-hetero) is 1. The number of aliphatic hydroxyl groups is 1. The molecule has 0 bridgehead atoms. The van der Waals surface area contributed by atoms with Crippen molar-refractivity contribution in [3.05, 3.63) is 83.1 Å². The molecule has 2 aliphatic rings. The smallest absolute Gasteiger partial charge is 0.290 e. The van der Waals surface area contributed by atoms with Crippen LogP contribution in [0.1, 0.15) is 54.3 Å². The van der Waals surface area contributed by atoms with Crippen molar-refractivity contribution in [2.75, 3.05) is 0 Å². The molecule has 158 valence electrons. The highest BCUT2D eigenvalue weighted by atomic mass is 19.1. The lowest BCUT2D eigenvalue weighted by Crippen LogP contribution is -2.41. The van der Waals surface area contributed by atoms with Gasteiger partial charge in [-0.15, -0.1) is 0 Å². The molecule has 31 heavy (non-hydrogen) atoms. The van der Waals surface area contributed by atoms with Gasteiger partial charge in [-0.3, -0.25) is 9.59 Å². The van der Waals surface area contributed by atoms with Crippen LogP contribution in [0.15, 0.2) is 70.3 Å². The van der Waals surface area contributed by atoms with Gasteiger partial charge in [-0.2, -0.15) is 0 Å². The number of ketones is 1. The third-order valence-electron chi connectivity index (χ3n) is 6.29. The summed E-state index contributed by atoms with van der Waals surface area (Å²) < 4.78 is 19.3. The maximum Gasteiger partial charge on any atom is 0.290 e. The van der Waals surface area contributed by atoms with Crippen LogP contribution >= 0.6 is 0 Å². The summed E-state index contributed by atoms with van der Waals surface area (Å²) in [5.74, 6) is -1.98. The summed E-state index contributed by atoms with van der Waals surface area (Å²) >= 11 is 0. The second-order valence-corrected chi connectivity index (χ2v) is 8.20. The van der Waals surface area contributed by atoms with Crippen molar-refractivity contribution < 1.29 is 23.5 Å². The number of carbonyl (C=O) groups is 2. The van der Waals surface area contributed by atoms with Gasteiger partial charge in [0.2, 0.25) is 5.78 Å². The Kier molecular flexibility index (Phi) is 4.85. The highest BCUT2D eigenvalue weighted by molar-refractivity contribution is 6.16. The largest absolute Gasteiger partial charge is 0.503 e. The number of carbonyl (C=O) groups excluding carboxylic acids is 2. The molecule has 1 fully saturated rings. The molecule has 1 aliphatic heterocycles. The zero-order chi connectivity index (χ0) is 21.5. The van der Waals surface area contributed by atoms with E-state index < -0.39 is 29.3 Å². The van der Waals surface area contributed by atoms with E-state index in [2.05, 4.69) is 0 Å². The Morgan fingerprint density at radius 2 is 1.74 bits per heavy atom. The lowest BCUT2D eigenvalue weighted by atomic mass is 9.90. The molecule has 0 radical (unpaired) electrons. The van der Waals surface area contributed by atoms with Crippen molar-refractivity contribution in [1.82, 2.24) is 4.90 Å². The normalized spacial score (nSPS) is 20.1. The number of amides is 1. The summed E-state index contributed by atoms with van der Waals surface area (Å²) in [4.78, 5) is 28.2. The number of benzene rings is 2. The zero-order valence-corrected chi connectivity index (χ0v) is 16.9. The molecular formula is C25H22FNO4. The summed E-state index contributed by atoms with van der Waals surface area (Å²) in [5.41, 5.74) is 1.13. The van der Waals surface area contributed by atoms with Gasteiger partial charge >= 0.3 is 0 Å². The lowest BCUT2D eigenvalue weighted by Gasteiger charge is -2.36. The second kappa shape index (κ2) is 7.69. The quantitative estimate of drug-likeness (QED) is 0.568. The minimum Gasteiger partial charge on any atom is -0.503 e. The topological polar surface area (TPSA) is 70.8 Å². The van der Waals surface area contributed by atoms with E-state index in [1.165, 1.54) is 12.1 Å². The molecular weight excluding hydrogens is 397 g/mol. The number of nitrogens with zero attached hydrogens (tertiary/aromatic N) is 1. The Bertz CT molecular complexity index is 1150. The minimum atomic E-state index is -0.781. The maximum absolute atomic E-state index is 13.6. The van der Waals surface area contributed by atoms with E-state index in [9.17, 15) is 19.1 Å². The maximum atomic E-state index is 13.6. The third kappa shape index (κ3) is 3.32. The van der Waals surface area contributed by atoms with Gasteiger partial charge in [0.25, 0.3) is 5.91 Å². The fraction of sp³-hybridized carbons (Fsp3) is 0.280. The average molecular weight is 419 g/mol. The van der Waals surface area contributed by atoms with E-state index in [-0.39, 0.29) is 17.4 Å². The molecule has 5 rings (SSSR count). The van der Waals surface area contributed by atoms with Crippen molar-refractivity contribution in [3.63, 3.8) is 0 Å². The number of fused-ring (bicyclic) bond motifs is 1. The van der Waals surface area contributed by atoms with Gasteiger partial charge in [-0.25, -0.2) is 4.39 Å². The predicted octanol–water partition coefficient (Wildman–Crippen LogP) is 5.48. The van der Waals surface area contributed by atoms with Crippen LogP contribution in [0, 0.1) is 5.82 Å². The van der Waals surface area contributed by atoms with Gasteiger partial charge in [-0.1, -0.05) is 49.6 Å². The highest BCUT2D eigenvalue weighted by Crippen LogP contribution is 2.43. The minimum absolute atomic E-state index is 0.0127. The van der Waals surface area contributed by atoms with Gasteiger partial charge in [0.15, 0.2) is 11.5 Å². The molecule has 1 unspecified atom stereocenters. The van der Waals surface area contributed by atoms with Crippen LogP contribution in [-0.2, 0) is 4.79 Å². The number of aliphatic hydroxyl groups excluding tert-OH is 1. The second-order valence-electron chi connectivity index (χ2n) is 8.20. The molecule has 0 spiro atoms. The molecule has 2 aromatic carbocycles. The lowest BCUT2D eigenvalue weighted by molar-refractivity contribution is -0.132. The first-order valence-corrected chi connectivity index (χ1v) is 10.6. The summed E-state index contributed by atoms with van der Waals surface area (Å²) in [6.07, 6.45) is 4.69. The first-order valence-electron chi connectivity index (χ1n) is 10.6. The van der Waals surface area contributed by atoms with Crippen molar-refractivity contribution in [3.8, 4) is 0 Å². The summed E-state index contributed by atoms with van der Waals surface area (Å²) in [5, 5.41) is 11.6. The number of hydrogen-bond acceptors (Lipinski definition) is 4. The molecule has 1 atom stereocenters. The molecule has 6 heteroatoms. The molecule has 1 saturated carbocycles. The van der Waals surface area contributed by atoms with Gasteiger partial charge in [0, 0.05) is 11.4 Å². The van der Waals surface area contributed by atoms with Gasteiger partial charge in [0.05, 0.1) is 11.6 Å². The molecule has 1 N–H and O–H groups in total. The van der Waals surface area contributed by atoms with E-state index >= 15 is 0 Å². The Morgan fingerprint density at radius 3 is 2.45 bits per heavy atom. The van der Waals surface area contributed by atoms with Crippen molar-refractivity contribution in [2.45, 2.75) is 44.2 Å². The Morgan fingerprint density at radius 1 is 1.03 bits per heavy atom. The van der Waals surface area contributed by atoms with Gasteiger partial charge in [0.1, 0.15) is 11.4 Å². The predicted molar refractivity (Wildman–Crippen MR) is 113 cm³/mol. The van der Waals surface area contributed by atoms with E-state index in [0.717, 1.165) is 37.5 Å². The first-order chi connectivity index (χ1) is 15.0. The Labute approximate surface area is 178 Å². The molecule has 1 aliphatic carbocycles. The first kappa shape index (κ1) is 19.5. The number of halogens is 1. The zero-order valence-electron chi connectivity index (χ0n) is 16.9. The number of hydrogen-bond donors (Lipinski definition) is 1. The molecule has 1 amide bonds. The van der Waals surface area contributed by atoms with Crippen molar-refractivity contribution >= 4 is 22.7 Å². The Balaban J connectivity index is 1.61. The van der Waals surface area contributed by atoms with Gasteiger partial charge in [-0.05, 0) is 42.7 Å². The standard InChI is InChI=1S/C25H22FNO4/c26-17-12-10-15(11-13-17)22-21(23(28)20-14-16-6-4-5-9-19(16)31-20)24(29)25(30)27(22)18-7-2-1-3-8-18/h4-6,9-14,18,22,29H,1-3,7-8H2.